The maximum Gasteiger partial charge on any atom is 0.261 e. The molecule has 2 aromatic carbocycles. The van der Waals surface area contributed by atoms with Gasteiger partial charge in [0.05, 0.1) is 16.5 Å². The van der Waals surface area contributed by atoms with E-state index in [0.29, 0.717) is 5.69 Å². The van der Waals surface area contributed by atoms with Crippen LogP contribution < -0.4 is 9.62 Å². The van der Waals surface area contributed by atoms with Crippen molar-refractivity contribution in [3.05, 3.63) is 52.6 Å². The first-order chi connectivity index (χ1) is 12.3. The van der Waals surface area contributed by atoms with E-state index in [-0.39, 0.29) is 16.7 Å². The zero-order chi connectivity index (χ0) is 18.6. The summed E-state index contributed by atoms with van der Waals surface area (Å²) in [5.41, 5.74) is 5.27. The lowest BCUT2D eigenvalue weighted by molar-refractivity contribution is -0.119. The molecule has 136 valence electrons. The van der Waals surface area contributed by atoms with E-state index < -0.39 is 10.0 Å². The molecule has 26 heavy (non-hydrogen) atoms. The quantitative estimate of drug-likeness (QED) is 0.899. The molecule has 2 aliphatic heterocycles. The number of anilines is 2. The Bertz CT molecular complexity index is 1010. The maximum absolute atomic E-state index is 13.0. The van der Waals surface area contributed by atoms with E-state index in [1.165, 1.54) is 0 Å². The summed E-state index contributed by atoms with van der Waals surface area (Å²) >= 11 is 0. The van der Waals surface area contributed by atoms with Gasteiger partial charge < -0.3 is 4.90 Å². The summed E-state index contributed by atoms with van der Waals surface area (Å²) in [6.07, 6.45) is 1.66. The van der Waals surface area contributed by atoms with Crippen LogP contribution >= 0.6 is 0 Å². The molecule has 0 aromatic heterocycles. The molecular formula is C20H22N2O3S. The zero-order valence-corrected chi connectivity index (χ0v) is 16.0. The lowest BCUT2D eigenvalue weighted by atomic mass is 9.97. The molecule has 4 rings (SSSR count). The molecule has 1 N–H and O–H groups in total. The molecule has 0 fully saturated rings. The van der Waals surface area contributed by atoms with Gasteiger partial charge in [0.2, 0.25) is 5.91 Å². The van der Waals surface area contributed by atoms with Gasteiger partial charge in [-0.1, -0.05) is 6.07 Å². The van der Waals surface area contributed by atoms with Crippen LogP contribution in [0.2, 0.25) is 0 Å². The van der Waals surface area contributed by atoms with Crippen LogP contribution in [0.5, 0.6) is 0 Å². The highest BCUT2D eigenvalue weighted by atomic mass is 32.2. The Morgan fingerprint density at radius 1 is 1.08 bits per heavy atom. The van der Waals surface area contributed by atoms with Gasteiger partial charge in [0.25, 0.3) is 10.0 Å². The fourth-order valence-electron chi connectivity index (χ4n) is 4.07. The zero-order valence-electron chi connectivity index (χ0n) is 15.2. The highest BCUT2D eigenvalue weighted by Crippen LogP contribution is 2.44. The molecule has 2 aliphatic rings. The van der Waals surface area contributed by atoms with E-state index in [2.05, 4.69) is 4.72 Å². The second-order valence-electron chi connectivity index (χ2n) is 7.32. The van der Waals surface area contributed by atoms with Crippen LogP contribution in [0.4, 0.5) is 11.4 Å². The van der Waals surface area contributed by atoms with Crippen molar-refractivity contribution in [2.24, 2.45) is 0 Å². The Morgan fingerprint density at radius 3 is 2.46 bits per heavy atom. The van der Waals surface area contributed by atoms with Gasteiger partial charge in [-0.3, -0.25) is 9.52 Å². The fourth-order valence-corrected chi connectivity index (χ4v) is 5.19. The number of carbonyl (C=O) groups excluding carboxylic acids is 1. The molecule has 5 nitrogen and oxygen atoms in total. The number of sulfonamides is 1. The van der Waals surface area contributed by atoms with E-state index >= 15 is 0 Å². The number of hydrogen-bond acceptors (Lipinski definition) is 3. The van der Waals surface area contributed by atoms with Crippen molar-refractivity contribution in [3.8, 4) is 0 Å². The third kappa shape index (κ3) is 2.69. The van der Waals surface area contributed by atoms with E-state index in [1.807, 2.05) is 43.9 Å². The normalized spacial score (nSPS) is 18.8. The first kappa shape index (κ1) is 17.1. The molecule has 0 aliphatic carbocycles. The lowest BCUT2D eigenvalue weighted by Gasteiger charge is -2.26. The van der Waals surface area contributed by atoms with Crippen molar-refractivity contribution in [2.45, 2.75) is 44.4 Å². The SMILES string of the molecule is Cc1cc(C)cc(NS(=O)(=O)c2cc3c4c(c2)[C@@H](C)C(=O)N4CCC3)c1. The van der Waals surface area contributed by atoms with Gasteiger partial charge in [-0.15, -0.1) is 0 Å². The fraction of sp³-hybridized carbons (Fsp3) is 0.350. The first-order valence-corrected chi connectivity index (χ1v) is 10.3. The average molecular weight is 370 g/mol. The first-order valence-electron chi connectivity index (χ1n) is 8.85. The van der Waals surface area contributed by atoms with Crippen LogP contribution in [-0.4, -0.2) is 20.9 Å². The van der Waals surface area contributed by atoms with Gasteiger partial charge in [-0.2, -0.15) is 0 Å². The minimum Gasteiger partial charge on any atom is -0.311 e. The van der Waals surface area contributed by atoms with Crippen LogP contribution in [0, 0.1) is 13.8 Å². The second-order valence-corrected chi connectivity index (χ2v) is 9.00. The second kappa shape index (κ2) is 5.84. The number of hydrogen-bond donors (Lipinski definition) is 1. The van der Waals surface area contributed by atoms with Crippen molar-refractivity contribution in [1.82, 2.24) is 0 Å². The predicted molar refractivity (Wildman–Crippen MR) is 102 cm³/mol. The number of amides is 1. The largest absolute Gasteiger partial charge is 0.311 e. The third-order valence-electron chi connectivity index (χ3n) is 5.18. The van der Waals surface area contributed by atoms with Gasteiger partial charge in [0, 0.05) is 12.2 Å². The van der Waals surface area contributed by atoms with Crippen LogP contribution in [0.15, 0.2) is 35.2 Å². The summed E-state index contributed by atoms with van der Waals surface area (Å²) in [6, 6.07) is 9.02. The van der Waals surface area contributed by atoms with E-state index in [4.69, 9.17) is 0 Å². The van der Waals surface area contributed by atoms with Crippen molar-refractivity contribution < 1.29 is 13.2 Å². The number of benzene rings is 2. The molecule has 0 saturated carbocycles. The Kier molecular flexibility index (Phi) is 3.84. The van der Waals surface area contributed by atoms with Crippen LogP contribution in [-0.2, 0) is 21.2 Å². The van der Waals surface area contributed by atoms with Crippen LogP contribution in [0.25, 0.3) is 0 Å². The third-order valence-corrected chi connectivity index (χ3v) is 6.54. The Labute approximate surface area is 154 Å². The summed E-state index contributed by atoms with van der Waals surface area (Å²) in [5, 5.41) is 0. The number of nitrogens with one attached hydrogen (secondary N) is 1. The van der Waals surface area contributed by atoms with Crippen LogP contribution in [0.3, 0.4) is 0 Å². The van der Waals surface area contributed by atoms with Gasteiger partial charge in [-0.05, 0) is 80.1 Å². The minimum absolute atomic E-state index is 0.0674. The highest BCUT2D eigenvalue weighted by molar-refractivity contribution is 7.92. The number of nitrogens with zero attached hydrogens (tertiary/aromatic N) is 1. The Hall–Kier alpha value is -2.34. The maximum atomic E-state index is 13.0. The minimum atomic E-state index is -3.72. The number of carbonyl (C=O) groups is 1. The molecule has 6 heteroatoms. The molecule has 1 atom stereocenters. The topological polar surface area (TPSA) is 66.5 Å². The van der Waals surface area contributed by atoms with Crippen molar-refractivity contribution in [2.75, 3.05) is 16.2 Å². The van der Waals surface area contributed by atoms with E-state index in [9.17, 15) is 13.2 Å². The molecule has 1 amide bonds. The summed E-state index contributed by atoms with van der Waals surface area (Å²) in [7, 11) is -3.72. The Morgan fingerprint density at radius 2 is 1.77 bits per heavy atom. The van der Waals surface area contributed by atoms with E-state index in [0.717, 1.165) is 47.3 Å². The van der Waals surface area contributed by atoms with E-state index in [1.54, 1.807) is 12.1 Å². The van der Waals surface area contributed by atoms with Gasteiger partial charge in [0.15, 0.2) is 0 Å². The molecule has 0 bridgehead atoms. The molecule has 0 spiro atoms. The van der Waals surface area contributed by atoms with Gasteiger partial charge >= 0.3 is 0 Å². The van der Waals surface area contributed by atoms with Crippen LogP contribution in [0.1, 0.15) is 41.5 Å². The van der Waals surface area contributed by atoms with Crippen molar-refractivity contribution in [1.29, 1.82) is 0 Å². The molecule has 0 radical (unpaired) electrons. The van der Waals surface area contributed by atoms with Gasteiger partial charge in [-0.25, -0.2) is 8.42 Å². The van der Waals surface area contributed by atoms with Crippen molar-refractivity contribution >= 4 is 27.3 Å². The number of aryl methyl sites for hydroxylation is 3. The molecule has 0 saturated heterocycles. The molecule has 2 aromatic rings. The predicted octanol–water partition coefficient (Wildman–Crippen LogP) is 3.50. The lowest BCUT2D eigenvalue weighted by Crippen LogP contribution is -2.32. The molecule has 0 unspecified atom stereocenters. The summed E-state index contributed by atoms with van der Waals surface area (Å²) in [5.74, 6) is -0.226. The number of rotatable bonds is 3. The summed E-state index contributed by atoms with van der Waals surface area (Å²) in [6.45, 7) is 6.44. The summed E-state index contributed by atoms with van der Waals surface area (Å²) < 4.78 is 28.6. The Balaban J connectivity index is 1.78. The monoisotopic (exact) mass is 370 g/mol. The molecule has 2 heterocycles. The standard InChI is InChI=1S/C20H22N2O3S/c1-12-7-13(2)9-16(8-12)21-26(24,25)17-10-15-5-4-6-22-19(15)18(11-17)14(3)20(22)23/h7-11,14,21H,4-6H2,1-3H3/t14-/m1/s1. The van der Waals surface area contributed by atoms with Crippen molar-refractivity contribution in [3.63, 3.8) is 0 Å². The highest BCUT2D eigenvalue weighted by Gasteiger charge is 2.38. The smallest absolute Gasteiger partial charge is 0.261 e. The summed E-state index contributed by atoms with van der Waals surface area (Å²) in [4.78, 5) is 14.5. The van der Waals surface area contributed by atoms with Gasteiger partial charge in [0.1, 0.15) is 0 Å². The molecular weight excluding hydrogens is 348 g/mol. The average Bonchev–Trinajstić information content (AvgIpc) is 2.80.